The Morgan fingerprint density at radius 3 is 2.72 bits per heavy atom. The van der Waals surface area contributed by atoms with Crippen molar-refractivity contribution >= 4 is 37.6 Å². The molecule has 4 nitrogen and oxygen atoms in total. The molecular weight excluding hydrogens is 349 g/mol. The van der Waals surface area contributed by atoms with Crippen molar-refractivity contribution in [1.29, 1.82) is 0 Å². The van der Waals surface area contributed by atoms with Gasteiger partial charge in [-0.3, -0.25) is 0 Å². The summed E-state index contributed by atoms with van der Waals surface area (Å²) in [4.78, 5) is -0.386. The third-order valence-electron chi connectivity index (χ3n) is 1.94. The highest BCUT2D eigenvalue weighted by atomic mass is 79.9. The number of rotatable bonds is 7. The summed E-state index contributed by atoms with van der Waals surface area (Å²) in [5, 5.41) is 0. The van der Waals surface area contributed by atoms with Gasteiger partial charge >= 0.3 is 0 Å². The van der Waals surface area contributed by atoms with Crippen LogP contribution in [0, 0.1) is 5.82 Å². The van der Waals surface area contributed by atoms with Crippen molar-refractivity contribution in [2.45, 2.75) is 4.90 Å². The second-order valence-electron chi connectivity index (χ2n) is 3.27. The first kappa shape index (κ1) is 15.8. The number of ether oxygens (including phenoxy) is 1. The molecule has 0 fully saturated rings. The molecule has 8 heteroatoms. The number of hydrogen-bond acceptors (Lipinski definition) is 3. The van der Waals surface area contributed by atoms with Crippen molar-refractivity contribution < 1.29 is 17.5 Å². The predicted octanol–water partition coefficient (Wildman–Crippen LogP) is 2.12. The molecule has 1 aromatic carbocycles. The quantitative estimate of drug-likeness (QED) is 0.598. The minimum atomic E-state index is -3.85. The van der Waals surface area contributed by atoms with E-state index in [0.717, 1.165) is 6.07 Å². The van der Waals surface area contributed by atoms with Gasteiger partial charge < -0.3 is 4.74 Å². The van der Waals surface area contributed by atoms with Gasteiger partial charge in [-0.25, -0.2) is 17.5 Å². The smallest absolute Gasteiger partial charge is 0.243 e. The Morgan fingerprint density at radius 2 is 2.11 bits per heavy atom. The summed E-state index contributed by atoms with van der Waals surface area (Å²) in [5.41, 5.74) is 0. The van der Waals surface area contributed by atoms with Crippen LogP contribution in [0.5, 0.6) is 0 Å². The molecule has 1 aromatic rings. The zero-order valence-electron chi connectivity index (χ0n) is 9.33. The van der Waals surface area contributed by atoms with Crippen molar-refractivity contribution in [3.8, 4) is 0 Å². The van der Waals surface area contributed by atoms with Crippen LogP contribution in [0.4, 0.5) is 4.39 Å². The Hall–Kier alpha value is -0.210. The maximum absolute atomic E-state index is 13.5. The average molecular weight is 361 g/mol. The Balaban J connectivity index is 2.63. The molecule has 0 saturated carbocycles. The molecule has 0 bridgehead atoms. The van der Waals surface area contributed by atoms with Crippen molar-refractivity contribution in [2.24, 2.45) is 0 Å². The van der Waals surface area contributed by atoms with Crippen LogP contribution in [0.15, 0.2) is 27.6 Å². The van der Waals surface area contributed by atoms with Crippen molar-refractivity contribution in [2.75, 3.05) is 25.6 Å². The van der Waals surface area contributed by atoms with E-state index in [1.165, 1.54) is 12.1 Å². The molecule has 0 atom stereocenters. The second kappa shape index (κ2) is 7.40. The monoisotopic (exact) mass is 359 g/mol. The van der Waals surface area contributed by atoms with Crippen molar-refractivity contribution in [3.05, 3.63) is 28.5 Å². The maximum atomic E-state index is 13.5. The van der Waals surface area contributed by atoms with E-state index in [-0.39, 0.29) is 18.0 Å². The van der Waals surface area contributed by atoms with Crippen LogP contribution in [-0.4, -0.2) is 34.1 Å². The maximum Gasteiger partial charge on any atom is 0.243 e. The molecule has 0 amide bonds. The Kier molecular flexibility index (Phi) is 6.51. The zero-order valence-corrected chi connectivity index (χ0v) is 12.5. The fraction of sp³-hybridized carbons (Fsp3) is 0.400. The number of sulfonamides is 1. The lowest BCUT2D eigenvalue weighted by molar-refractivity contribution is 0.155. The van der Waals surface area contributed by atoms with E-state index in [1.807, 2.05) is 0 Å². The van der Waals surface area contributed by atoms with Gasteiger partial charge in [0.2, 0.25) is 10.0 Å². The highest BCUT2D eigenvalue weighted by molar-refractivity contribution is 9.10. The summed E-state index contributed by atoms with van der Waals surface area (Å²) < 4.78 is 44.7. The van der Waals surface area contributed by atoms with Gasteiger partial charge in [0.15, 0.2) is 0 Å². The van der Waals surface area contributed by atoms with Gasteiger partial charge in [-0.15, -0.1) is 11.6 Å². The highest BCUT2D eigenvalue weighted by Gasteiger charge is 2.18. The average Bonchev–Trinajstić information content (AvgIpc) is 2.28. The van der Waals surface area contributed by atoms with Gasteiger partial charge in [-0.05, 0) is 18.2 Å². The van der Waals surface area contributed by atoms with Gasteiger partial charge in [-0.1, -0.05) is 15.9 Å². The Labute approximate surface area is 119 Å². The lowest BCUT2D eigenvalue weighted by atomic mass is 10.3. The number of halogens is 3. The first-order valence-electron chi connectivity index (χ1n) is 5.06. The molecular formula is C10H12BrClFNO3S. The molecule has 0 spiro atoms. The zero-order chi connectivity index (χ0) is 13.6. The molecule has 102 valence electrons. The lowest BCUT2D eigenvalue weighted by Gasteiger charge is -2.08. The predicted molar refractivity (Wildman–Crippen MR) is 70.8 cm³/mol. The molecule has 0 aliphatic rings. The van der Waals surface area contributed by atoms with E-state index in [1.54, 1.807) is 0 Å². The molecule has 0 radical (unpaired) electrons. The van der Waals surface area contributed by atoms with Gasteiger partial charge in [-0.2, -0.15) is 0 Å². The molecule has 0 aliphatic heterocycles. The molecule has 0 saturated heterocycles. The summed E-state index contributed by atoms with van der Waals surface area (Å²) >= 11 is 8.44. The van der Waals surface area contributed by atoms with E-state index in [4.69, 9.17) is 16.3 Å². The summed E-state index contributed by atoms with van der Waals surface area (Å²) in [6, 6.07) is 3.75. The van der Waals surface area contributed by atoms with Gasteiger partial charge in [0, 0.05) is 16.9 Å². The number of alkyl halides is 1. The highest BCUT2D eigenvalue weighted by Crippen LogP contribution is 2.18. The van der Waals surface area contributed by atoms with Crippen LogP contribution in [-0.2, 0) is 14.8 Å². The van der Waals surface area contributed by atoms with E-state index < -0.39 is 15.8 Å². The van der Waals surface area contributed by atoms with E-state index in [2.05, 4.69) is 20.7 Å². The largest absolute Gasteiger partial charge is 0.379 e. The molecule has 1 N–H and O–H groups in total. The van der Waals surface area contributed by atoms with Crippen molar-refractivity contribution in [1.82, 2.24) is 4.72 Å². The summed E-state index contributed by atoms with van der Waals surface area (Å²) in [6.45, 7) is 0.592. The second-order valence-corrected chi connectivity index (χ2v) is 6.30. The number of benzene rings is 1. The molecule has 0 unspecified atom stereocenters. The third-order valence-corrected chi connectivity index (χ3v) is 4.09. The topological polar surface area (TPSA) is 55.4 Å². The van der Waals surface area contributed by atoms with Gasteiger partial charge in [0.05, 0.1) is 13.2 Å². The normalized spacial score (nSPS) is 11.7. The Bertz CT molecular complexity index is 498. The summed E-state index contributed by atoms with van der Waals surface area (Å²) in [6.07, 6.45) is 0. The summed E-state index contributed by atoms with van der Waals surface area (Å²) in [5.74, 6) is -0.466. The van der Waals surface area contributed by atoms with E-state index >= 15 is 0 Å². The first-order valence-corrected chi connectivity index (χ1v) is 7.87. The van der Waals surface area contributed by atoms with Crippen molar-refractivity contribution in [3.63, 3.8) is 0 Å². The van der Waals surface area contributed by atoms with Gasteiger partial charge in [0.25, 0.3) is 0 Å². The standard InChI is InChI=1S/C10H12BrClFNO3S/c11-8-1-2-10(9(13)7-8)18(15,16)14-4-6-17-5-3-12/h1-2,7,14H,3-6H2. The van der Waals surface area contributed by atoms with E-state index in [9.17, 15) is 12.8 Å². The molecule has 0 aliphatic carbocycles. The van der Waals surface area contributed by atoms with Crippen LogP contribution in [0.25, 0.3) is 0 Å². The molecule has 1 rings (SSSR count). The summed E-state index contributed by atoms with van der Waals surface area (Å²) in [7, 11) is -3.85. The molecule has 18 heavy (non-hydrogen) atoms. The van der Waals surface area contributed by atoms with Crippen LogP contribution in [0.1, 0.15) is 0 Å². The number of nitrogens with one attached hydrogen (secondary N) is 1. The minimum Gasteiger partial charge on any atom is -0.379 e. The van der Waals surface area contributed by atoms with Crippen LogP contribution < -0.4 is 4.72 Å². The van der Waals surface area contributed by atoms with Gasteiger partial charge in [0.1, 0.15) is 10.7 Å². The third kappa shape index (κ3) is 4.81. The fourth-order valence-electron chi connectivity index (χ4n) is 1.18. The SMILES string of the molecule is O=S(=O)(NCCOCCCl)c1ccc(Br)cc1F. The number of hydrogen-bond donors (Lipinski definition) is 1. The molecule has 0 heterocycles. The van der Waals surface area contributed by atoms with Crippen LogP contribution >= 0.6 is 27.5 Å². The van der Waals surface area contributed by atoms with Crippen LogP contribution in [0.3, 0.4) is 0 Å². The molecule has 0 aromatic heterocycles. The lowest BCUT2D eigenvalue weighted by Crippen LogP contribution is -2.28. The first-order chi connectivity index (χ1) is 8.47. The fourth-order valence-corrected chi connectivity index (χ4v) is 2.69. The minimum absolute atomic E-state index is 0.0642. The Morgan fingerprint density at radius 1 is 1.39 bits per heavy atom. The van der Waals surface area contributed by atoms with Crippen LogP contribution in [0.2, 0.25) is 0 Å². The van der Waals surface area contributed by atoms with E-state index in [0.29, 0.717) is 17.0 Å².